The average molecular weight is 209 g/mol. The lowest BCUT2D eigenvalue weighted by atomic mass is 9.95. The van der Waals surface area contributed by atoms with E-state index in [1.807, 2.05) is 13.0 Å². The van der Waals surface area contributed by atoms with Gasteiger partial charge in [0.2, 0.25) is 0 Å². The van der Waals surface area contributed by atoms with Crippen LogP contribution in [0, 0.1) is 6.92 Å². The molecule has 2 N–H and O–H groups in total. The van der Waals surface area contributed by atoms with Crippen molar-refractivity contribution < 1.29 is 5.11 Å². The molecular formula is C11H19N3O. The van der Waals surface area contributed by atoms with Crippen molar-refractivity contribution in [3.8, 4) is 0 Å². The van der Waals surface area contributed by atoms with Gasteiger partial charge in [0.05, 0.1) is 0 Å². The van der Waals surface area contributed by atoms with E-state index >= 15 is 0 Å². The van der Waals surface area contributed by atoms with Crippen LogP contribution in [0.15, 0.2) is 12.4 Å². The normalized spacial score (nSPS) is 14.7. The van der Waals surface area contributed by atoms with E-state index in [-0.39, 0.29) is 12.1 Å². The highest BCUT2D eigenvalue weighted by Gasteiger charge is 2.21. The molecule has 84 valence electrons. The molecule has 0 saturated heterocycles. The van der Waals surface area contributed by atoms with Crippen LogP contribution in [0.2, 0.25) is 0 Å². The molecule has 1 aromatic rings. The molecule has 0 amide bonds. The summed E-state index contributed by atoms with van der Waals surface area (Å²) in [5, 5.41) is 12.3. The van der Waals surface area contributed by atoms with Gasteiger partial charge >= 0.3 is 0 Å². The predicted octanol–water partition coefficient (Wildman–Crippen LogP) is 1.75. The lowest BCUT2D eigenvalue weighted by Crippen LogP contribution is -2.35. The first-order valence-corrected chi connectivity index (χ1v) is 5.27. The number of aromatic nitrogens is 2. The SMILES string of the molecule is CCC(C)(CCO)Nc1cc(C)ncn1. The van der Waals surface area contributed by atoms with Gasteiger partial charge in [0, 0.05) is 23.9 Å². The Morgan fingerprint density at radius 3 is 2.73 bits per heavy atom. The summed E-state index contributed by atoms with van der Waals surface area (Å²) in [7, 11) is 0. The molecule has 0 aliphatic rings. The second kappa shape index (κ2) is 5.07. The molecule has 0 fully saturated rings. The highest BCUT2D eigenvalue weighted by molar-refractivity contribution is 5.37. The Kier molecular flexibility index (Phi) is 4.03. The van der Waals surface area contributed by atoms with Gasteiger partial charge < -0.3 is 10.4 Å². The molecule has 4 heteroatoms. The average Bonchev–Trinajstić information content (AvgIpc) is 2.18. The van der Waals surface area contributed by atoms with E-state index in [1.54, 1.807) is 6.33 Å². The van der Waals surface area contributed by atoms with E-state index in [9.17, 15) is 0 Å². The number of anilines is 1. The van der Waals surface area contributed by atoms with Crippen LogP contribution >= 0.6 is 0 Å². The molecule has 0 saturated carbocycles. The fraction of sp³-hybridized carbons (Fsp3) is 0.636. The van der Waals surface area contributed by atoms with Crippen molar-refractivity contribution in [1.82, 2.24) is 9.97 Å². The minimum Gasteiger partial charge on any atom is -0.396 e. The van der Waals surface area contributed by atoms with Crippen LogP contribution in [0.4, 0.5) is 5.82 Å². The number of aliphatic hydroxyl groups excluding tert-OH is 1. The summed E-state index contributed by atoms with van der Waals surface area (Å²) >= 11 is 0. The van der Waals surface area contributed by atoms with Crippen molar-refractivity contribution in [3.05, 3.63) is 18.1 Å². The van der Waals surface area contributed by atoms with Gasteiger partial charge in [0.1, 0.15) is 12.1 Å². The highest BCUT2D eigenvalue weighted by Crippen LogP contribution is 2.20. The van der Waals surface area contributed by atoms with Crippen molar-refractivity contribution in [2.75, 3.05) is 11.9 Å². The largest absolute Gasteiger partial charge is 0.396 e. The topological polar surface area (TPSA) is 58.0 Å². The fourth-order valence-corrected chi connectivity index (χ4v) is 1.41. The van der Waals surface area contributed by atoms with Gasteiger partial charge in [-0.25, -0.2) is 9.97 Å². The molecule has 0 spiro atoms. The van der Waals surface area contributed by atoms with E-state index < -0.39 is 0 Å². The van der Waals surface area contributed by atoms with Crippen LogP contribution < -0.4 is 5.32 Å². The lowest BCUT2D eigenvalue weighted by Gasteiger charge is -2.29. The lowest BCUT2D eigenvalue weighted by molar-refractivity contribution is 0.252. The van der Waals surface area contributed by atoms with Crippen LogP contribution in [0.25, 0.3) is 0 Å². The van der Waals surface area contributed by atoms with Crippen LogP contribution in [-0.2, 0) is 0 Å². The van der Waals surface area contributed by atoms with Gasteiger partial charge in [0.15, 0.2) is 0 Å². The van der Waals surface area contributed by atoms with Gasteiger partial charge in [-0.1, -0.05) is 6.92 Å². The van der Waals surface area contributed by atoms with Crippen molar-refractivity contribution in [2.45, 2.75) is 39.2 Å². The maximum atomic E-state index is 8.99. The summed E-state index contributed by atoms with van der Waals surface area (Å²) < 4.78 is 0. The van der Waals surface area contributed by atoms with E-state index in [2.05, 4.69) is 29.1 Å². The van der Waals surface area contributed by atoms with E-state index in [0.717, 1.165) is 17.9 Å². The van der Waals surface area contributed by atoms with Gasteiger partial charge in [-0.3, -0.25) is 0 Å². The molecular weight excluding hydrogens is 190 g/mol. The number of hydrogen-bond donors (Lipinski definition) is 2. The number of aryl methyl sites for hydroxylation is 1. The minimum atomic E-state index is -0.102. The number of nitrogens with one attached hydrogen (secondary N) is 1. The second-order valence-electron chi connectivity index (χ2n) is 4.06. The molecule has 0 bridgehead atoms. The zero-order chi connectivity index (χ0) is 11.3. The highest BCUT2D eigenvalue weighted by atomic mass is 16.3. The van der Waals surface area contributed by atoms with Gasteiger partial charge in [-0.2, -0.15) is 0 Å². The van der Waals surface area contributed by atoms with Crippen molar-refractivity contribution in [3.63, 3.8) is 0 Å². The van der Waals surface area contributed by atoms with E-state index in [0.29, 0.717) is 6.42 Å². The quantitative estimate of drug-likeness (QED) is 0.775. The van der Waals surface area contributed by atoms with Crippen LogP contribution in [0.3, 0.4) is 0 Å². The molecule has 1 atom stereocenters. The summed E-state index contributed by atoms with van der Waals surface area (Å²) in [6.07, 6.45) is 3.20. The van der Waals surface area contributed by atoms with Crippen molar-refractivity contribution >= 4 is 5.82 Å². The molecule has 0 aliphatic carbocycles. The first-order valence-electron chi connectivity index (χ1n) is 5.27. The smallest absolute Gasteiger partial charge is 0.130 e. The third-order valence-corrected chi connectivity index (χ3v) is 2.68. The number of hydrogen-bond acceptors (Lipinski definition) is 4. The predicted molar refractivity (Wildman–Crippen MR) is 60.8 cm³/mol. The molecule has 15 heavy (non-hydrogen) atoms. The summed E-state index contributed by atoms with van der Waals surface area (Å²) in [5.41, 5.74) is 0.838. The first kappa shape index (κ1) is 11.9. The summed E-state index contributed by atoms with van der Waals surface area (Å²) in [5.74, 6) is 0.820. The first-order chi connectivity index (χ1) is 7.09. The molecule has 0 aromatic carbocycles. The molecule has 0 aliphatic heterocycles. The second-order valence-corrected chi connectivity index (χ2v) is 4.06. The Bertz CT molecular complexity index is 316. The Morgan fingerprint density at radius 1 is 1.47 bits per heavy atom. The number of aliphatic hydroxyl groups is 1. The molecule has 1 unspecified atom stereocenters. The molecule has 1 aromatic heterocycles. The van der Waals surface area contributed by atoms with Crippen LogP contribution in [-0.4, -0.2) is 27.2 Å². The Balaban J connectivity index is 2.74. The maximum absolute atomic E-state index is 8.99. The van der Waals surface area contributed by atoms with E-state index in [1.165, 1.54) is 0 Å². The van der Waals surface area contributed by atoms with Crippen LogP contribution in [0.1, 0.15) is 32.4 Å². The fourth-order valence-electron chi connectivity index (χ4n) is 1.41. The minimum absolute atomic E-state index is 0.102. The van der Waals surface area contributed by atoms with Crippen molar-refractivity contribution in [1.29, 1.82) is 0 Å². The maximum Gasteiger partial charge on any atom is 0.130 e. The van der Waals surface area contributed by atoms with Crippen LogP contribution in [0.5, 0.6) is 0 Å². The summed E-state index contributed by atoms with van der Waals surface area (Å²) in [4.78, 5) is 8.19. The number of rotatable bonds is 5. The standard InChI is InChI=1S/C11H19N3O/c1-4-11(3,5-6-15)14-10-7-9(2)12-8-13-10/h7-8,15H,4-6H2,1-3H3,(H,12,13,14). The molecule has 4 nitrogen and oxygen atoms in total. The third-order valence-electron chi connectivity index (χ3n) is 2.68. The summed E-state index contributed by atoms with van der Waals surface area (Å²) in [6.45, 7) is 6.29. The van der Waals surface area contributed by atoms with Gasteiger partial charge in [0.25, 0.3) is 0 Å². The van der Waals surface area contributed by atoms with Gasteiger partial charge in [-0.15, -0.1) is 0 Å². The zero-order valence-electron chi connectivity index (χ0n) is 9.62. The zero-order valence-corrected chi connectivity index (χ0v) is 9.62. The summed E-state index contributed by atoms with van der Waals surface area (Å²) in [6, 6.07) is 1.91. The molecule has 1 heterocycles. The Hall–Kier alpha value is -1.16. The van der Waals surface area contributed by atoms with Crippen molar-refractivity contribution in [2.24, 2.45) is 0 Å². The van der Waals surface area contributed by atoms with Gasteiger partial charge in [-0.05, 0) is 26.7 Å². The molecule has 1 rings (SSSR count). The number of nitrogens with zero attached hydrogens (tertiary/aromatic N) is 2. The monoisotopic (exact) mass is 209 g/mol. The molecule has 0 radical (unpaired) electrons. The Morgan fingerprint density at radius 2 is 2.20 bits per heavy atom. The third kappa shape index (κ3) is 3.47. The van der Waals surface area contributed by atoms with E-state index in [4.69, 9.17) is 5.11 Å². The Labute approximate surface area is 90.8 Å².